The number of nitriles is 1. The van der Waals surface area contributed by atoms with Crippen LogP contribution < -0.4 is 0 Å². The van der Waals surface area contributed by atoms with Crippen molar-refractivity contribution in [3.63, 3.8) is 0 Å². The maximum atomic E-state index is 10.7. The van der Waals surface area contributed by atoms with Gasteiger partial charge in [-0.15, -0.1) is 0 Å². The van der Waals surface area contributed by atoms with Crippen molar-refractivity contribution in [3.8, 4) is 6.26 Å². The molecule has 0 amide bonds. The summed E-state index contributed by atoms with van der Waals surface area (Å²) in [6.07, 6.45) is 1.96. The summed E-state index contributed by atoms with van der Waals surface area (Å²) in [6, 6.07) is 0. The van der Waals surface area contributed by atoms with E-state index in [0.29, 0.717) is 10.4 Å². The molecule has 0 N–H and O–H groups in total. The summed E-state index contributed by atoms with van der Waals surface area (Å²) >= 11 is 0.807. The quantitative estimate of drug-likeness (QED) is 0.403. The molecule has 0 bridgehead atoms. The number of hydrogen-bond donors (Lipinski definition) is 0. The zero-order valence-electron chi connectivity index (χ0n) is 6.87. The molecule has 0 saturated carbocycles. The van der Waals surface area contributed by atoms with E-state index in [-0.39, 0.29) is 18.7 Å². The van der Waals surface area contributed by atoms with E-state index in [1.54, 1.807) is 6.26 Å². The number of ether oxygens (including phenoxy) is 2. The molecule has 0 aliphatic rings. The van der Waals surface area contributed by atoms with Crippen molar-refractivity contribution >= 4 is 31.7 Å². The minimum absolute atomic E-state index is 0.186. The number of carbonyl (C=O) groups excluding carboxylic acids is 1. The van der Waals surface area contributed by atoms with Crippen LogP contribution in [0.3, 0.4) is 0 Å². The van der Waals surface area contributed by atoms with Gasteiger partial charge in [0.2, 0.25) is 0 Å². The van der Waals surface area contributed by atoms with Gasteiger partial charge in [-0.2, -0.15) is 0 Å². The molecule has 0 spiro atoms. The molecule has 12 heavy (non-hydrogen) atoms. The van der Waals surface area contributed by atoms with Gasteiger partial charge >= 0.3 is 87.6 Å². The third-order valence-corrected chi connectivity index (χ3v) is 2.37. The first-order valence-corrected chi connectivity index (χ1v) is 6.34. The van der Waals surface area contributed by atoms with Gasteiger partial charge in [0.1, 0.15) is 0 Å². The van der Waals surface area contributed by atoms with Crippen molar-refractivity contribution in [2.75, 3.05) is 6.61 Å². The van der Waals surface area contributed by atoms with Crippen molar-refractivity contribution < 1.29 is 14.3 Å². The normalized spacial score (nSPS) is 11.4. The third kappa shape index (κ3) is 5.35. The summed E-state index contributed by atoms with van der Waals surface area (Å²) in [4.78, 5) is 10.7. The molecule has 1 atom stereocenters. The average Bonchev–Trinajstić information content (AvgIpc) is 2.11. The minimum atomic E-state index is -0.285. The fraction of sp³-hybridized carbons (Fsp3) is 0.714. The number of esters is 1. The molecule has 0 aromatic carbocycles. The van der Waals surface area contributed by atoms with Crippen molar-refractivity contribution in [2.24, 2.45) is 0 Å². The zero-order chi connectivity index (χ0) is 9.40. The number of hydrogen-bond acceptors (Lipinski definition) is 4. The van der Waals surface area contributed by atoms with E-state index in [9.17, 15) is 4.79 Å². The fourth-order valence-electron chi connectivity index (χ4n) is 0.547. The van der Waals surface area contributed by atoms with Gasteiger partial charge in [-0.1, -0.05) is 0 Å². The van der Waals surface area contributed by atoms with Crippen LogP contribution in [-0.4, -0.2) is 44.4 Å². The number of carbonyl (C=O) groups is 1. The van der Waals surface area contributed by atoms with Crippen LogP contribution in [0.4, 0.5) is 0 Å². The van der Waals surface area contributed by atoms with Gasteiger partial charge in [0.25, 0.3) is 0 Å². The Labute approximate surface area is 87.5 Å². The second-order valence-corrected chi connectivity index (χ2v) is 3.47. The second kappa shape index (κ2) is 7.34. The Hall–Kier alpha value is -0.318. The van der Waals surface area contributed by atoms with E-state index < -0.39 is 0 Å². The molecule has 0 aromatic rings. The van der Waals surface area contributed by atoms with Crippen molar-refractivity contribution in [1.29, 1.82) is 5.26 Å². The monoisotopic (exact) mass is 364 g/mol. The van der Waals surface area contributed by atoms with E-state index >= 15 is 0 Å². The number of rotatable bonds is 5. The molecule has 0 aliphatic carbocycles. The van der Waals surface area contributed by atoms with Gasteiger partial charge in [-0.05, 0) is 0 Å². The summed E-state index contributed by atoms with van der Waals surface area (Å²) in [7, 11) is 0. The van der Waals surface area contributed by atoms with Gasteiger partial charge in [0.05, 0.1) is 0 Å². The Balaban J connectivity index is 3.59. The summed E-state index contributed by atoms with van der Waals surface area (Å²) in [5, 5.41) is 8.18. The molecule has 0 aliphatic heterocycles. The second-order valence-electron chi connectivity index (χ2n) is 2.10. The van der Waals surface area contributed by atoms with Crippen LogP contribution in [0.15, 0.2) is 0 Å². The van der Waals surface area contributed by atoms with Crippen LogP contribution in [0.2, 0.25) is 3.98 Å². The Morgan fingerprint density at radius 3 is 2.83 bits per heavy atom. The van der Waals surface area contributed by atoms with Gasteiger partial charge in [-0.25, -0.2) is 0 Å². The van der Waals surface area contributed by atoms with E-state index in [1.807, 2.05) is 6.92 Å². The van der Waals surface area contributed by atoms with Gasteiger partial charge in [-0.3, -0.25) is 0 Å². The predicted molar refractivity (Wildman–Crippen MR) is 42.3 cm³/mol. The Kier molecular flexibility index (Phi) is 7.14. The van der Waals surface area contributed by atoms with Crippen LogP contribution in [0, 0.1) is 11.5 Å². The molecule has 0 heterocycles. The van der Waals surface area contributed by atoms with E-state index in [4.69, 9.17) is 10.00 Å². The van der Waals surface area contributed by atoms with Crippen LogP contribution in [-0.2, 0) is 14.3 Å². The summed E-state index contributed by atoms with van der Waals surface area (Å²) in [5.74, 6) is -0.207. The van der Waals surface area contributed by atoms with E-state index in [0.717, 1.165) is 25.8 Å². The van der Waals surface area contributed by atoms with E-state index in [1.165, 1.54) is 0 Å². The molecule has 1 unspecified atom stereocenters. The standard InChI is InChI=1S/C7H10NO3.Pb/c1-3-7(11-5-8)4-10-6(2)9;/h7H,2-4H2,1H3;. The first-order valence-electron chi connectivity index (χ1n) is 3.59. The Morgan fingerprint density at radius 1 is 1.75 bits per heavy atom. The van der Waals surface area contributed by atoms with Crippen molar-refractivity contribution in [3.05, 3.63) is 0 Å². The molecule has 0 fully saturated rings. The molecule has 0 rings (SSSR count). The molecule has 4 nitrogen and oxygen atoms in total. The molecule has 0 aromatic heterocycles. The topological polar surface area (TPSA) is 59.3 Å². The molecular formula is C7H10NO3Pb. The van der Waals surface area contributed by atoms with Crippen LogP contribution in [0.5, 0.6) is 0 Å². The maximum absolute atomic E-state index is 10.7. The Morgan fingerprint density at radius 2 is 2.42 bits per heavy atom. The van der Waals surface area contributed by atoms with Crippen LogP contribution in [0.1, 0.15) is 13.3 Å². The SMILES string of the molecule is CCC(COC(=O)[CH2][Pb])OC#N. The van der Waals surface area contributed by atoms with E-state index in [2.05, 4.69) is 4.74 Å². The predicted octanol–water partition coefficient (Wildman–Crippen LogP) is 0.393. The molecule has 65 valence electrons. The molecule has 3 radical (unpaired) electrons. The van der Waals surface area contributed by atoms with Crippen LogP contribution >= 0.6 is 0 Å². The first kappa shape index (κ1) is 11.7. The molecule has 5 heteroatoms. The average molecular weight is 363 g/mol. The molecule has 0 saturated heterocycles. The number of nitrogens with zero attached hydrogens (tertiary/aromatic N) is 1. The summed E-state index contributed by atoms with van der Waals surface area (Å²) in [5.41, 5.74) is 0. The van der Waals surface area contributed by atoms with Gasteiger partial charge < -0.3 is 0 Å². The van der Waals surface area contributed by atoms with Crippen LogP contribution in [0.25, 0.3) is 0 Å². The Bertz CT molecular complexity index is 178. The zero-order valence-corrected chi connectivity index (χ0v) is 10.8. The third-order valence-electron chi connectivity index (χ3n) is 1.25. The van der Waals surface area contributed by atoms with Crippen molar-refractivity contribution in [1.82, 2.24) is 0 Å². The molecular weight excluding hydrogens is 353 g/mol. The summed E-state index contributed by atoms with van der Waals surface area (Å²) in [6.45, 7) is 2.06. The van der Waals surface area contributed by atoms with Crippen molar-refractivity contribution in [2.45, 2.75) is 23.4 Å². The first-order chi connectivity index (χ1) is 5.74. The van der Waals surface area contributed by atoms with Gasteiger partial charge in [0.15, 0.2) is 0 Å². The van der Waals surface area contributed by atoms with Gasteiger partial charge in [0, 0.05) is 0 Å². The fourth-order valence-corrected chi connectivity index (χ4v) is 0.943. The summed E-state index contributed by atoms with van der Waals surface area (Å²) < 4.78 is 9.93.